The molecule has 0 aliphatic heterocycles. The highest BCUT2D eigenvalue weighted by Crippen LogP contribution is 2.31. The van der Waals surface area contributed by atoms with Crippen LogP contribution in [0.1, 0.15) is 0 Å². The minimum atomic E-state index is -0.0787. The largest absolute Gasteiger partial charge is 0.382 e. The summed E-state index contributed by atoms with van der Waals surface area (Å²) in [6.07, 6.45) is 3.16. The zero-order valence-corrected chi connectivity index (χ0v) is 14.2. The number of aromatic nitrogens is 5. The summed E-state index contributed by atoms with van der Waals surface area (Å²) < 4.78 is 3.41. The molecule has 0 aromatic carbocycles. The topological polar surface area (TPSA) is 91.6 Å². The van der Waals surface area contributed by atoms with Gasteiger partial charge in [-0.3, -0.25) is 9.36 Å². The van der Waals surface area contributed by atoms with Crippen LogP contribution in [0.4, 0.5) is 5.82 Å². The number of nitrogens with two attached hydrogens (primary N) is 1. The Morgan fingerprint density at radius 3 is 2.75 bits per heavy atom. The summed E-state index contributed by atoms with van der Waals surface area (Å²) in [6, 6.07) is 7.20. The van der Waals surface area contributed by atoms with Crippen molar-refractivity contribution in [3.63, 3.8) is 0 Å². The fraction of sp³-hybridized carbons (Fsp3) is 0.0667. The van der Waals surface area contributed by atoms with Crippen molar-refractivity contribution in [1.29, 1.82) is 0 Å². The Morgan fingerprint density at radius 1 is 1.21 bits per heavy atom. The van der Waals surface area contributed by atoms with Crippen LogP contribution in [0.3, 0.4) is 0 Å². The molecule has 2 N–H and O–H groups in total. The van der Waals surface area contributed by atoms with Crippen LogP contribution >= 0.6 is 23.7 Å². The van der Waals surface area contributed by atoms with Gasteiger partial charge in [-0.2, -0.15) is 0 Å². The Balaban J connectivity index is 0.00000169. The van der Waals surface area contributed by atoms with Gasteiger partial charge in [0.2, 0.25) is 5.56 Å². The first kappa shape index (κ1) is 16.2. The van der Waals surface area contributed by atoms with Gasteiger partial charge in [0.15, 0.2) is 22.8 Å². The van der Waals surface area contributed by atoms with Gasteiger partial charge >= 0.3 is 0 Å². The summed E-state index contributed by atoms with van der Waals surface area (Å²) >= 11 is 1.57. The predicted molar refractivity (Wildman–Crippen MR) is 96.9 cm³/mol. The van der Waals surface area contributed by atoms with Crippen molar-refractivity contribution in [2.45, 2.75) is 0 Å². The molecule has 0 spiro atoms. The highest BCUT2D eigenvalue weighted by molar-refractivity contribution is 7.13. The molecule has 4 heterocycles. The lowest BCUT2D eigenvalue weighted by Gasteiger charge is -2.08. The standard InChI is InChI=1S/C15H12N6OS.ClH/c1-20-7-9(4-5-11(20)22)21-14(10-3-2-6-23-10)19-12-13(16)17-8-18-15(12)21;/h2-8H,1H3,(H2,16,17,18);1H. The zero-order valence-electron chi connectivity index (χ0n) is 12.6. The van der Waals surface area contributed by atoms with E-state index in [4.69, 9.17) is 5.73 Å². The van der Waals surface area contributed by atoms with Gasteiger partial charge in [0, 0.05) is 19.3 Å². The molecule has 122 valence electrons. The van der Waals surface area contributed by atoms with Gasteiger partial charge in [0.1, 0.15) is 6.33 Å². The summed E-state index contributed by atoms with van der Waals surface area (Å²) in [5.41, 5.74) is 7.81. The number of thiophene rings is 1. The van der Waals surface area contributed by atoms with Gasteiger partial charge in [-0.1, -0.05) is 6.07 Å². The van der Waals surface area contributed by atoms with Crippen LogP contribution < -0.4 is 11.3 Å². The van der Waals surface area contributed by atoms with Crippen molar-refractivity contribution >= 4 is 40.7 Å². The maximum Gasteiger partial charge on any atom is 0.250 e. The van der Waals surface area contributed by atoms with Crippen LogP contribution in [0.15, 0.2) is 47.0 Å². The smallest absolute Gasteiger partial charge is 0.250 e. The van der Waals surface area contributed by atoms with E-state index in [0.29, 0.717) is 17.0 Å². The van der Waals surface area contributed by atoms with E-state index in [1.807, 2.05) is 22.1 Å². The van der Waals surface area contributed by atoms with Gasteiger partial charge in [0.05, 0.1) is 10.6 Å². The predicted octanol–water partition coefficient (Wildman–Crippen LogP) is 2.25. The second-order valence-corrected chi connectivity index (χ2v) is 5.96. The van der Waals surface area contributed by atoms with Crippen molar-refractivity contribution < 1.29 is 0 Å². The minimum Gasteiger partial charge on any atom is -0.382 e. The lowest BCUT2D eigenvalue weighted by molar-refractivity contribution is 0.846. The lowest BCUT2D eigenvalue weighted by atomic mass is 10.3. The van der Waals surface area contributed by atoms with Crippen LogP contribution in [-0.2, 0) is 7.05 Å². The number of nitrogen functional groups attached to an aromatic ring is 1. The normalized spacial score (nSPS) is 10.7. The molecule has 0 aliphatic rings. The Morgan fingerprint density at radius 2 is 2.04 bits per heavy atom. The van der Waals surface area contributed by atoms with E-state index in [-0.39, 0.29) is 18.0 Å². The monoisotopic (exact) mass is 360 g/mol. The van der Waals surface area contributed by atoms with Crippen molar-refractivity contribution in [1.82, 2.24) is 24.1 Å². The third-order valence-electron chi connectivity index (χ3n) is 3.54. The minimum absolute atomic E-state index is 0. The van der Waals surface area contributed by atoms with Gasteiger partial charge in [-0.15, -0.1) is 23.7 Å². The average molecular weight is 361 g/mol. The summed E-state index contributed by atoms with van der Waals surface area (Å²) in [7, 11) is 1.71. The number of anilines is 1. The van der Waals surface area contributed by atoms with Crippen LogP contribution in [0.25, 0.3) is 27.6 Å². The van der Waals surface area contributed by atoms with E-state index in [1.165, 1.54) is 17.0 Å². The fourth-order valence-corrected chi connectivity index (χ4v) is 3.14. The molecule has 0 radical (unpaired) electrons. The van der Waals surface area contributed by atoms with Crippen molar-refractivity contribution in [2.75, 3.05) is 5.73 Å². The third kappa shape index (κ3) is 2.45. The number of rotatable bonds is 2. The third-order valence-corrected chi connectivity index (χ3v) is 4.41. The molecule has 0 atom stereocenters. The Hall–Kier alpha value is -2.71. The molecule has 0 saturated heterocycles. The molecule has 0 unspecified atom stereocenters. The Bertz CT molecular complexity index is 1070. The van der Waals surface area contributed by atoms with Gasteiger partial charge in [0.25, 0.3) is 0 Å². The SMILES string of the molecule is Cl.Cn1cc(-n2c(-c3cccs3)nc3c(N)ncnc32)ccc1=O. The van der Waals surface area contributed by atoms with E-state index in [1.54, 1.807) is 30.6 Å². The number of aryl methyl sites for hydroxylation is 1. The molecule has 0 amide bonds. The zero-order chi connectivity index (χ0) is 16.0. The molecular formula is C15H13ClN6OS. The second-order valence-electron chi connectivity index (χ2n) is 5.02. The molecule has 0 aliphatic carbocycles. The molecule has 4 aromatic heterocycles. The number of halogens is 1. The first-order chi connectivity index (χ1) is 11.1. The van der Waals surface area contributed by atoms with Crippen LogP contribution in [-0.4, -0.2) is 24.1 Å². The summed E-state index contributed by atoms with van der Waals surface area (Å²) in [5.74, 6) is 1.05. The number of hydrogen-bond acceptors (Lipinski definition) is 6. The summed E-state index contributed by atoms with van der Waals surface area (Å²) in [4.78, 5) is 25.6. The fourth-order valence-electron chi connectivity index (χ4n) is 2.44. The van der Waals surface area contributed by atoms with Crippen molar-refractivity contribution in [3.8, 4) is 16.4 Å². The molecule has 9 heteroatoms. The van der Waals surface area contributed by atoms with Gasteiger partial charge in [-0.05, 0) is 17.5 Å². The Labute approximate surface area is 146 Å². The van der Waals surface area contributed by atoms with Crippen LogP contribution in [0.2, 0.25) is 0 Å². The number of fused-ring (bicyclic) bond motifs is 1. The van der Waals surface area contributed by atoms with E-state index in [9.17, 15) is 4.79 Å². The highest BCUT2D eigenvalue weighted by Gasteiger charge is 2.18. The number of hydrogen-bond donors (Lipinski definition) is 1. The quantitative estimate of drug-likeness (QED) is 0.592. The molecule has 0 saturated carbocycles. The van der Waals surface area contributed by atoms with Crippen molar-refractivity contribution in [2.24, 2.45) is 7.05 Å². The van der Waals surface area contributed by atoms with E-state index >= 15 is 0 Å². The van der Waals surface area contributed by atoms with Gasteiger partial charge < -0.3 is 10.3 Å². The second kappa shape index (κ2) is 6.06. The molecule has 4 rings (SSSR count). The summed E-state index contributed by atoms with van der Waals surface area (Å²) in [5, 5.41) is 1.98. The molecule has 0 fully saturated rings. The van der Waals surface area contributed by atoms with Crippen molar-refractivity contribution in [3.05, 3.63) is 52.5 Å². The molecular weight excluding hydrogens is 348 g/mol. The van der Waals surface area contributed by atoms with Crippen LogP contribution in [0, 0.1) is 0 Å². The van der Waals surface area contributed by atoms with E-state index < -0.39 is 0 Å². The maximum absolute atomic E-state index is 11.7. The molecule has 0 bridgehead atoms. The average Bonchev–Trinajstić information content (AvgIpc) is 3.17. The number of pyridine rings is 1. The highest BCUT2D eigenvalue weighted by atomic mass is 35.5. The molecule has 24 heavy (non-hydrogen) atoms. The molecule has 4 aromatic rings. The lowest BCUT2D eigenvalue weighted by Crippen LogP contribution is -2.15. The number of nitrogens with zero attached hydrogens (tertiary/aromatic N) is 5. The maximum atomic E-state index is 11.7. The van der Waals surface area contributed by atoms with E-state index in [0.717, 1.165) is 16.4 Å². The van der Waals surface area contributed by atoms with E-state index in [2.05, 4.69) is 15.0 Å². The number of imidazole rings is 1. The van der Waals surface area contributed by atoms with Gasteiger partial charge in [-0.25, -0.2) is 15.0 Å². The Kier molecular flexibility index (Phi) is 4.08. The molecule has 7 nitrogen and oxygen atoms in total. The first-order valence-electron chi connectivity index (χ1n) is 6.85. The van der Waals surface area contributed by atoms with Crippen LogP contribution in [0.5, 0.6) is 0 Å². The first-order valence-corrected chi connectivity index (χ1v) is 7.73. The summed E-state index contributed by atoms with van der Waals surface area (Å²) in [6.45, 7) is 0.